The van der Waals surface area contributed by atoms with E-state index in [0.717, 1.165) is 19.0 Å². The van der Waals surface area contributed by atoms with Crippen molar-refractivity contribution in [3.8, 4) is 5.75 Å². The molecule has 0 saturated carbocycles. The fourth-order valence-corrected chi connectivity index (χ4v) is 2.09. The van der Waals surface area contributed by atoms with Crippen molar-refractivity contribution in [1.82, 2.24) is 16.0 Å². The van der Waals surface area contributed by atoms with Gasteiger partial charge in [0.05, 0.1) is 13.7 Å². The van der Waals surface area contributed by atoms with E-state index >= 15 is 0 Å². The minimum Gasteiger partial charge on any atom is -0.497 e. The molecule has 0 aliphatic rings. The van der Waals surface area contributed by atoms with E-state index in [1.165, 1.54) is 0 Å². The molecule has 3 N–H and O–H groups in total. The normalized spacial score (nSPS) is 11.8. The lowest BCUT2D eigenvalue weighted by molar-refractivity contribution is 0.0954. The molecule has 0 unspecified atom stereocenters. The molecule has 1 rings (SSSR count). The van der Waals surface area contributed by atoms with Crippen molar-refractivity contribution in [3.05, 3.63) is 29.8 Å². The van der Waals surface area contributed by atoms with E-state index in [1.807, 2.05) is 13.0 Å². The van der Waals surface area contributed by atoms with Crippen LogP contribution < -0.4 is 20.7 Å². The zero-order valence-electron chi connectivity index (χ0n) is 15.8. The number of methoxy groups -OCH3 is 1. The quantitative estimate of drug-likeness (QED) is 0.355. The van der Waals surface area contributed by atoms with Crippen molar-refractivity contribution in [2.24, 2.45) is 4.99 Å². The topological polar surface area (TPSA) is 74.8 Å². The van der Waals surface area contributed by atoms with Crippen molar-refractivity contribution in [3.63, 3.8) is 0 Å². The minimum atomic E-state index is -0.119. The standard InChI is InChI=1S/C18H30N4O2S/c1-6-19-17(22-13-18(2,3)25-5)21-11-10-20-16(23)14-8-7-9-15(12-14)24-4/h7-9,12H,6,10-11,13H2,1-5H3,(H,20,23)(H2,19,21,22). The van der Waals surface area contributed by atoms with E-state index in [1.54, 1.807) is 37.1 Å². The second-order valence-corrected chi connectivity index (χ2v) is 7.59. The monoisotopic (exact) mass is 366 g/mol. The first-order chi connectivity index (χ1) is 11.9. The molecule has 0 atom stereocenters. The summed E-state index contributed by atoms with van der Waals surface area (Å²) >= 11 is 1.79. The first-order valence-electron chi connectivity index (χ1n) is 8.41. The summed E-state index contributed by atoms with van der Waals surface area (Å²) in [4.78, 5) is 16.7. The number of nitrogens with zero attached hydrogens (tertiary/aromatic N) is 1. The van der Waals surface area contributed by atoms with Crippen LogP contribution in [0.25, 0.3) is 0 Å². The van der Waals surface area contributed by atoms with E-state index in [0.29, 0.717) is 24.4 Å². The van der Waals surface area contributed by atoms with E-state index in [9.17, 15) is 4.79 Å². The molecule has 0 aliphatic carbocycles. The Kier molecular flexibility index (Phi) is 9.20. The van der Waals surface area contributed by atoms with E-state index in [-0.39, 0.29) is 10.7 Å². The molecule has 1 aromatic rings. The van der Waals surface area contributed by atoms with Gasteiger partial charge in [-0.25, -0.2) is 0 Å². The summed E-state index contributed by atoms with van der Waals surface area (Å²) in [5.74, 6) is 1.31. The molecule has 0 fully saturated rings. The third-order valence-electron chi connectivity index (χ3n) is 3.55. The summed E-state index contributed by atoms with van der Waals surface area (Å²) in [7, 11) is 1.58. The van der Waals surface area contributed by atoms with Crippen LogP contribution in [0.15, 0.2) is 29.3 Å². The van der Waals surface area contributed by atoms with Crippen LogP contribution in [0, 0.1) is 0 Å². The number of ether oxygens (including phenoxy) is 1. The number of hydrogen-bond acceptors (Lipinski definition) is 4. The molecule has 0 aliphatic heterocycles. The number of thioether (sulfide) groups is 1. The van der Waals surface area contributed by atoms with E-state index in [4.69, 9.17) is 4.74 Å². The third-order valence-corrected chi connectivity index (χ3v) is 4.78. The highest BCUT2D eigenvalue weighted by molar-refractivity contribution is 7.99. The fraction of sp³-hybridized carbons (Fsp3) is 0.556. The Morgan fingerprint density at radius 3 is 2.60 bits per heavy atom. The van der Waals surface area contributed by atoms with E-state index in [2.05, 4.69) is 41.0 Å². The predicted molar refractivity (Wildman–Crippen MR) is 107 cm³/mol. The Morgan fingerprint density at radius 1 is 1.24 bits per heavy atom. The number of benzene rings is 1. The molecule has 1 amide bonds. The van der Waals surface area contributed by atoms with Crippen LogP contribution in [-0.4, -0.2) is 56.2 Å². The molecule has 1 aromatic carbocycles. The molecule has 0 spiro atoms. The maximum atomic E-state index is 12.1. The van der Waals surface area contributed by atoms with Gasteiger partial charge in [0.15, 0.2) is 5.96 Å². The molecule has 7 heteroatoms. The Hall–Kier alpha value is -1.89. The van der Waals surface area contributed by atoms with Gasteiger partial charge in [-0.1, -0.05) is 6.07 Å². The van der Waals surface area contributed by atoms with Crippen LogP contribution >= 0.6 is 11.8 Å². The number of rotatable bonds is 9. The molecule has 6 nitrogen and oxygen atoms in total. The zero-order valence-corrected chi connectivity index (χ0v) is 16.6. The molecular weight excluding hydrogens is 336 g/mol. The van der Waals surface area contributed by atoms with Gasteiger partial charge in [0.1, 0.15) is 5.75 Å². The average molecular weight is 367 g/mol. The lowest BCUT2D eigenvalue weighted by Gasteiger charge is -2.20. The second kappa shape index (κ2) is 10.9. The first kappa shape index (κ1) is 21.2. The molecule has 0 heterocycles. The Labute approximate surface area is 155 Å². The summed E-state index contributed by atoms with van der Waals surface area (Å²) in [6.45, 7) is 8.98. The first-order valence-corrected chi connectivity index (χ1v) is 9.64. The highest BCUT2D eigenvalue weighted by Gasteiger charge is 2.15. The third kappa shape index (κ3) is 8.16. The number of nitrogens with one attached hydrogen (secondary N) is 3. The van der Waals surface area contributed by atoms with Gasteiger partial charge in [0.2, 0.25) is 0 Å². The Balaban J connectivity index is 2.45. The second-order valence-electron chi connectivity index (χ2n) is 6.07. The molecule has 25 heavy (non-hydrogen) atoms. The van der Waals surface area contributed by atoms with Crippen molar-refractivity contribution >= 4 is 23.6 Å². The number of carbonyl (C=O) groups is 1. The number of aliphatic imine (C=N–C) groups is 1. The summed E-state index contributed by atoms with van der Waals surface area (Å²) in [5, 5.41) is 9.34. The largest absolute Gasteiger partial charge is 0.497 e. The number of hydrogen-bond donors (Lipinski definition) is 3. The Morgan fingerprint density at radius 2 is 1.96 bits per heavy atom. The summed E-state index contributed by atoms with van der Waals surface area (Å²) in [5.41, 5.74) is 0.585. The average Bonchev–Trinajstić information content (AvgIpc) is 2.63. The van der Waals surface area contributed by atoms with E-state index < -0.39 is 0 Å². The van der Waals surface area contributed by atoms with Gasteiger partial charge in [-0.15, -0.1) is 0 Å². The van der Waals surface area contributed by atoms with Crippen LogP contribution in [0.2, 0.25) is 0 Å². The minimum absolute atomic E-state index is 0.100. The molecule has 0 aromatic heterocycles. The SMILES string of the molecule is CCNC(=NCC(C)(C)SC)NCCNC(=O)c1cccc(OC)c1. The molecule has 0 saturated heterocycles. The van der Waals surface area contributed by atoms with Gasteiger partial charge >= 0.3 is 0 Å². The van der Waals surface area contributed by atoms with Gasteiger partial charge in [-0.2, -0.15) is 11.8 Å². The predicted octanol–water partition coefficient (Wildman–Crippen LogP) is 2.12. The van der Waals surface area contributed by atoms with Gasteiger partial charge in [-0.3, -0.25) is 9.79 Å². The van der Waals surface area contributed by atoms with Crippen LogP contribution in [0.5, 0.6) is 5.75 Å². The van der Waals surface area contributed by atoms with Crippen molar-refractivity contribution in [2.45, 2.75) is 25.5 Å². The van der Waals surface area contributed by atoms with Gasteiger partial charge in [0, 0.05) is 29.9 Å². The van der Waals surface area contributed by atoms with Gasteiger partial charge in [-0.05, 0) is 45.2 Å². The summed E-state index contributed by atoms with van der Waals surface area (Å²) in [6.07, 6.45) is 2.09. The van der Waals surface area contributed by atoms with Crippen LogP contribution in [-0.2, 0) is 0 Å². The maximum absolute atomic E-state index is 12.1. The van der Waals surface area contributed by atoms with Crippen molar-refractivity contribution in [2.75, 3.05) is 39.5 Å². The lowest BCUT2D eigenvalue weighted by Crippen LogP contribution is -2.42. The van der Waals surface area contributed by atoms with Crippen molar-refractivity contribution in [1.29, 1.82) is 0 Å². The maximum Gasteiger partial charge on any atom is 0.251 e. The smallest absolute Gasteiger partial charge is 0.251 e. The molecule has 140 valence electrons. The molecule has 0 radical (unpaired) electrons. The number of guanidine groups is 1. The lowest BCUT2D eigenvalue weighted by atomic mass is 10.2. The fourth-order valence-electron chi connectivity index (χ4n) is 1.90. The summed E-state index contributed by atoms with van der Waals surface area (Å²) < 4.78 is 5.23. The zero-order chi connectivity index (χ0) is 18.7. The van der Waals surface area contributed by atoms with Crippen LogP contribution in [0.3, 0.4) is 0 Å². The van der Waals surface area contributed by atoms with Gasteiger partial charge in [0.25, 0.3) is 5.91 Å². The van der Waals surface area contributed by atoms with Gasteiger partial charge < -0.3 is 20.7 Å². The summed E-state index contributed by atoms with van der Waals surface area (Å²) in [6, 6.07) is 7.10. The number of carbonyl (C=O) groups excluding carboxylic acids is 1. The molecular formula is C18H30N4O2S. The Bertz CT molecular complexity index is 576. The van der Waals surface area contributed by atoms with Crippen molar-refractivity contribution < 1.29 is 9.53 Å². The van der Waals surface area contributed by atoms with Crippen LogP contribution in [0.1, 0.15) is 31.1 Å². The molecule has 0 bridgehead atoms. The van der Waals surface area contributed by atoms with Crippen LogP contribution in [0.4, 0.5) is 0 Å². The number of amides is 1. The highest BCUT2D eigenvalue weighted by atomic mass is 32.2. The highest BCUT2D eigenvalue weighted by Crippen LogP contribution is 2.20.